The first-order valence-electron chi connectivity index (χ1n) is 7.15. The number of nitrogens with zero attached hydrogens (tertiary/aromatic N) is 1. The van der Waals surface area contributed by atoms with E-state index in [1.54, 1.807) is 0 Å². The molecule has 96 valence electrons. The first-order chi connectivity index (χ1) is 8.29. The lowest BCUT2D eigenvalue weighted by Crippen LogP contribution is -2.21. The Labute approximate surface area is 104 Å². The molecule has 0 saturated heterocycles. The Bertz CT molecular complexity index is 299. The molecule has 2 unspecified atom stereocenters. The first kappa shape index (κ1) is 12.6. The second kappa shape index (κ2) is 6.18. The molecule has 1 amide bonds. The third-order valence-electron chi connectivity index (χ3n) is 4.09. The van der Waals surface area contributed by atoms with E-state index in [0.29, 0.717) is 12.3 Å². The van der Waals surface area contributed by atoms with Crippen LogP contribution in [-0.2, 0) is 4.79 Å². The van der Waals surface area contributed by atoms with Crippen LogP contribution in [0.25, 0.3) is 0 Å². The highest BCUT2D eigenvalue weighted by molar-refractivity contribution is 5.90. The number of hydrogen-bond donors (Lipinski definition) is 1. The van der Waals surface area contributed by atoms with Crippen LogP contribution in [-0.4, -0.2) is 11.6 Å². The Balaban J connectivity index is 1.64. The van der Waals surface area contributed by atoms with E-state index in [2.05, 4.69) is 17.5 Å². The fourth-order valence-corrected chi connectivity index (χ4v) is 3.06. The van der Waals surface area contributed by atoms with Crippen LogP contribution >= 0.6 is 0 Å². The van der Waals surface area contributed by atoms with Crippen molar-refractivity contribution in [2.75, 3.05) is 0 Å². The van der Waals surface area contributed by atoms with Gasteiger partial charge in [-0.25, -0.2) is 5.43 Å². The van der Waals surface area contributed by atoms with Crippen LogP contribution in [0, 0.1) is 11.8 Å². The highest BCUT2D eigenvalue weighted by atomic mass is 16.2. The molecule has 3 nitrogen and oxygen atoms in total. The summed E-state index contributed by atoms with van der Waals surface area (Å²) < 4.78 is 0. The van der Waals surface area contributed by atoms with Crippen molar-refractivity contribution < 1.29 is 4.79 Å². The fourth-order valence-electron chi connectivity index (χ4n) is 3.06. The number of hydrogen-bond acceptors (Lipinski definition) is 2. The summed E-state index contributed by atoms with van der Waals surface area (Å²) in [6, 6.07) is 0. The fraction of sp³-hybridized carbons (Fsp3) is 0.857. The summed E-state index contributed by atoms with van der Waals surface area (Å²) in [5, 5.41) is 4.32. The van der Waals surface area contributed by atoms with Crippen molar-refractivity contribution >= 4 is 11.6 Å². The van der Waals surface area contributed by atoms with Gasteiger partial charge in [0, 0.05) is 12.1 Å². The molecule has 2 aliphatic carbocycles. The number of amides is 1. The zero-order valence-corrected chi connectivity index (χ0v) is 10.9. The number of carbonyl (C=O) groups is 1. The monoisotopic (exact) mass is 236 g/mol. The molecule has 2 fully saturated rings. The van der Waals surface area contributed by atoms with Crippen LogP contribution in [0.2, 0.25) is 0 Å². The van der Waals surface area contributed by atoms with E-state index in [9.17, 15) is 4.79 Å². The summed E-state index contributed by atoms with van der Waals surface area (Å²) >= 11 is 0. The van der Waals surface area contributed by atoms with Gasteiger partial charge in [-0.15, -0.1) is 0 Å². The van der Waals surface area contributed by atoms with Gasteiger partial charge in [0.2, 0.25) is 5.91 Å². The van der Waals surface area contributed by atoms with Crippen molar-refractivity contribution in [1.29, 1.82) is 0 Å². The SMILES string of the molecule is CCCCCCC(=O)NN=C1CC2CCC1C2. The van der Waals surface area contributed by atoms with Crippen molar-refractivity contribution in [2.24, 2.45) is 16.9 Å². The minimum Gasteiger partial charge on any atom is -0.273 e. The van der Waals surface area contributed by atoms with Gasteiger partial charge in [0.1, 0.15) is 0 Å². The smallest absolute Gasteiger partial charge is 0.240 e. The van der Waals surface area contributed by atoms with E-state index >= 15 is 0 Å². The van der Waals surface area contributed by atoms with Gasteiger partial charge in [0.15, 0.2) is 0 Å². The average Bonchev–Trinajstić information content (AvgIpc) is 2.94. The van der Waals surface area contributed by atoms with E-state index in [-0.39, 0.29) is 5.91 Å². The lowest BCUT2D eigenvalue weighted by molar-refractivity contribution is -0.121. The lowest BCUT2D eigenvalue weighted by Gasteiger charge is -2.11. The summed E-state index contributed by atoms with van der Waals surface area (Å²) in [4.78, 5) is 11.6. The Morgan fingerprint density at radius 3 is 2.88 bits per heavy atom. The molecule has 0 aliphatic heterocycles. The largest absolute Gasteiger partial charge is 0.273 e. The third-order valence-corrected chi connectivity index (χ3v) is 4.09. The normalized spacial score (nSPS) is 28.9. The molecule has 2 rings (SSSR count). The minimum atomic E-state index is 0.0939. The number of carbonyl (C=O) groups excluding carboxylic acids is 1. The summed E-state index contributed by atoms with van der Waals surface area (Å²) in [6.07, 6.45) is 10.3. The van der Waals surface area contributed by atoms with Crippen molar-refractivity contribution in [3.05, 3.63) is 0 Å². The predicted molar refractivity (Wildman–Crippen MR) is 69.8 cm³/mol. The van der Waals surface area contributed by atoms with Crippen molar-refractivity contribution in [1.82, 2.24) is 5.43 Å². The summed E-state index contributed by atoms with van der Waals surface area (Å²) in [7, 11) is 0. The van der Waals surface area contributed by atoms with Crippen LogP contribution in [0.15, 0.2) is 5.10 Å². The molecule has 0 aromatic carbocycles. The van der Waals surface area contributed by atoms with E-state index in [1.165, 1.54) is 37.8 Å². The third kappa shape index (κ3) is 3.55. The van der Waals surface area contributed by atoms with E-state index in [0.717, 1.165) is 25.2 Å². The zero-order chi connectivity index (χ0) is 12.1. The van der Waals surface area contributed by atoms with Gasteiger partial charge in [0.05, 0.1) is 0 Å². The van der Waals surface area contributed by atoms with Gasteiger partial charge in [-0.3, -0.25) is 4.79 Å². The number of nitrogens with one attached hydrogen (secondary N) is 1. The number of fused-ring (bicyclic) bond motifs is 2. The van der Waals surface area contributed by atoms with E-state index in [1.807, 2.05) is 0 Å². The molecule has 2 atom stereocenters. The molecule has 0 aromatic rings. The van der Waals surface area contributed by atoms with Crippen LogP contribution in [0.1, 0.15) is 64.7 Å². The summed E-state index contributed by atoms with van der Waals surface area (Å²) in [5.74, 6) is 1.64. The molecule has 17 heavy (non-hydrogen) atoms. The zero-order valence-electron chi connectivity index (χ0n) is 10.9. The summed E-state index contributed by atoms with van der Waals surface area (Å²) in [5.41, 5.74) is 3.99. The molecule has 3 heteroatoms. The molecule has 0 aromatic heterocycles. The standard InChI is InChI=1S/C14H24N2O/c1-2-3-4-5-6-14(17)16-15-13-10-11-7-8-12(13)9-11/h11-12H,2-10H2,1H3,(H,16,17). The van der Waals surface area contributed by atoms with Crippen LogP contribution < -0.4 is 5.43 Å². The van der Waals surface area contributed by atoms with Crippen molar-refractivity contribution in [2.45, 2.75) is 64.7 Å². The maximum absolute atomic E-state index is 11.6. The Kier molecular flexibility index (Phi) is 4.57. The summed E-state index contributed by atoms with van der Waals surface area (Å²) in [6.45, 7) is 2.18. The second-order valence-corrected chi connectivity index (χ2v) is 5.53. The van der Waals surface area contributed by atoms with Gasteiger partial charge in [-0.2, -0.15) is 5.10 Å². The van der Waals surface area contributed by atoms with Gasteiger partial charge >= 0.3 is 0 Å². The maximum atomic E-state index is 11.6. The van der Waals surface area contributed by atoms with Crippen molar-refractivity contribution in [3.63, 3.8) is 0 Å². The lowest BCUT2D eigenvalue weighted by atomic mass is 9.99. The molecule has 0 spiro atoms. The predicted octanol–water partition coefficient (Wildman–Crippen LogP) is 3.25. The van der Waals surface area contributed by atoms with Crippen molar-refractivity contribution in [3.8, 4) is 0 Å². The molecule has 1 N–H and O–H groups in total. The molecule has 0 heterocycles. The van der Waals surface area contributed by atoms with E-state index < -0.39 is 0 Å². The molecule has 2 aliphatic rings. The molecular weight excluding hydrogens is 212 g/mol. The van der Waals surface area contributed by atoms with Gasteiger partial charge in [-0.1, -0.05) is 26.2 Å². The molecule has 0 radical (unpaired) electrons. The van der Waals surface area contributed by atoms with E-state index in [4.69, 9.17) is 0 Å². The first-order valence-corrected chi connectivity index (χ1v) is 7.15. The topological polar surface area (TPSA) is 41.5 Å². The Morgan fingerprint density at radius 1 is 1.35 bits per heavy atom. The Hall–Kier alpha value is -0.860. The second-order valence-electron chi connectivity index (χ2n) is 5.53. The quantitative estimate of drug-likeness (QED) is 0.558. The highest BCUT2D eigenvalue weighted by Crippen LogP contribution is 2.42. The minimum absolute atomic E-state index is 0.0939. The van der Waals surface area contributed by atoms with Crippen LogP contribution in [0.5, 0.6) is 0 Å². The van der Waals surface area contributed by atoms with Gasteiger partial charge in [0.25, 0.3) is 0 Å². The molecule has 2 saturated carbocycles. The molecule has 2 bridgehead atoms. The number of hydrazone groups is 1. The Morgan fingerprint density at radius 2 is 2.24 bits per heavy atom. The average molecular weight is 236 g/mol. The van der Waals surface area contributed by atoms with Gasteiger partial charge in [-0.05, 0) is 43.9 Å². The maximum Gasteiger partial charge on any atom is 0.240 e. The molecular formula is C14H24N2O. The highest BCUT2D eigenvalue weighted by Gasteiger charge is 2.36. The van der Waals surface area contributed by atoms with Gasteiger partial charge < -0.3 is 0 Å². The van der Waals surface area contributed by atoms with Crippen LogP contribution in [0.4, 0.5) is 0 Å². The number of unbranched alkanes of at least 4 members (excludes halogenated alkanes) is 3. The number of rotatable bonds is 6. The van der Waals surface area contributed by atoms with Crippen LogP contribution in [0.3, 0.4) is 0 Å².